The van der Waals surface area contributed by atoms with Gasteiger partial charge in [-0.1, -0.05) is 6.92 Å². The number of hydrogen-bond acceptors (Lipinski definition) is 7. The van der Waals surface area contributed by atoms with Gasteiger partial charge in [0, 0.05) is 7.05 Å². The van der Waals surface area contributed by atoms with Crippen LogP contribution in [-0.2, 0) is 7.05 Å². The van der Waals surface area contributed by atoms with Crippen LogP contribution in [-0.4, -0.2) is 31.3 Å². The Morgan fingerprint density at radius 1 is 1.37 bits per heavy atom. The maximum absolute atomic E-state index is 5.65. The normalized spacial score (nSPS) is 10.7. The highest BCUT2D eigenvalue weighted by Crippen LogP contribution is 2.26. The van der Waals surface area contributed by atoms with E-state index in [1.807, 2.05) is 27.0 Å². The molecule has 2 aromatic heterocycles. The molecule has 102 valence electrons. The molecule has 0 aliphatic rings. The average molecular weight is 280 g/mol. The zero-order chi connectivity index (χ0) is 13.8. The van der Waals surface area contributed by atoms with E-state index in [1.54, 1.807) is 4.68 Å². The highest BCUT2D eigenvalue weighted by Gasteiger charge is 2.10. The number of aryl methyl sites for hydroxylation is 2. The van der Waals surface area contributed by atoms with Crippen molar-refractivity contribution in [2.24, 2.45) is 7.05 Å². The minimum atomic E-state index is 0.155. The number of nitrogen functional groups attached to an aromatic ring is 1. The molecule has 2 rings (SSSR count). The van der Waals surface area contributed by atoms with Gasteiger partial charge in [0.1, 0.15) is 5.03 Å². The summed E-state index contributed by atoms with van der Waals surface area (Å²) in [6.07, 6.45) is 0.884. The van der Waals surface area contributed by atoms with Crippen molar-refractivity contribution in [1.82, 2.24) is 24.7 Å². The summed E-state index contributed by atoms with van der Waals surface area (Å²) < 4.78 is 7.14. The fourth-order valence-electron chi connectivity index (χ4n) is 1.43. The van der Waals surface area contributed by atoms with E-state index >= 15 is 0 Å². The molecule has 0 saturated carbocycles. The summed E-state index contributed by atoms with van der Waals surface area (Å²) in [5.74, 6) is 0.155. The molecule has 0 aliphatic carbocycles. The van der Waals surface area contributed by atoms with Crippen LogP contribution >= 0.6 is 11.8 Å². The van der Waals surface area contributed by atoms with E-state index in [0.29, 0.717) is 11.8 Å². The summed E-state index contributed by atoms with van der Waals surface area (Å²) in [5.41, 5.74) is 6.59. The quantitative estimate of drug-likeness (QED) is 0.885. The predicted octanol–water partition coefficient (Wildman–Crippen LogP) is 1.44. The Labute approximate surface area is 115 Å². The molecule has 8 heteroatoms. The standard InChI is InChI=1S/C11H16N6OS/c1-4-5-18-10-13-9(12)14-11(15-10)19-8-6-7(2)16-17(8)3/h6H,4-5H2,1-3H3,(H2,12,13,14,15). The zero-order valence-electron chi connectivity index (χ0n) is 11.1. The minimum Gasteiger partial charge on any atom is -0.463 e. The van der Waals surface area contributed by atoms with Crippen LogP contribution in [0, 0.1) is 6.92 Å². The van der Waals surface area contributed by atoms with Gasteiger partial charge in [-0.15, -0.1) is 0 Å². The molecule has 0 unspecified atom stereocenters. The highest BCUT2D eigenvalue weighted by atomic mass is 32.2. The summed E-state index contributed by atoms with van der Waals surface area (Å²) in [4.78, 5) is 12.2. The Hall–Kier alpha value is -1.83. The van der Waals surface area contributed by atoms with Crippen LogP contribution in [0.2, 0.25) is 0 Å². The van der Waals surface area contributed by atoms with Gasteiger partial charge in [0.15, 0.2) is 0 Å². The molecule has 0 atom stereocenters. The molecule has 0 saturated heterocycles. The smallest absolute Gasteiger partial charge is 0.322 e. The van der Waals surface area contributed by atoms with Gasteiger partial charge in [-0.05, 0) is 31.2 Å². The van der Waals surface area contributed by atoms with Gasteiger partial charge in [0.25, 0.3) is 0 Å². The second-order valence-electron chi connectivity index (χ2n) is 3.96. The van der Waals surface area contributed by atoms with E-state index in [2.05, 4.69) is 20.1 Å². The predicted molar refractivity (Wildman–Crippen MR) is 72.1 cm³/mol. The lowest BCUT2D eigenvalue weighted by Gasteiger charge is -2.05. The number of nitrogens with two attached hydrogens (primary N) is 1. The molecule has 19 heavy (non-hydrogen) atoms. The van der Waals surface area contributed by atoms with Crippen LogP contribution < -0.4 is 10.5 Å². The van der Waals surface area contributed by atoms with E-state index in [-0.39, 0.29) is 12.0 Å². The number of hydrogen-bond donors (Lipinski definition) is 1. The maximum atomic E-state index is 5.65. The summed E-state index contributed by atoms with van der Waals surface area (Å²) >= 11 is 1.38. The number of ether oxygens (including phenoxy) is 1. The summed E-state index contributed by atoms with van der Waals surface area (Å²) in [6.45, 7) is 4.50. The topological polar surface area (TPSA) is 91.7 Å². The summed E-state index contributed by atoms with van der Waals surface area (Å²) in [7, 11) is 1.87. The Bertz CT molecular complexity index is 570. The Morgan fingerprint density at radius 2 is 2.16 bits per heavy atom. The molecule has 0 spiro atoms. The van der Waals surface area contributed by atoms with E-state index < -0.39 is 0 Å². The number of anilines is 1. The molecule has 0 amide bonds. The van der Waals surface area contributed by atoms with E-state index in [9.17, 15) is 0 Å². The third-order valence-electron chi connectivity index (χ3n) is 2.20. The maximum Gasteiger partial charge on any atom is 0.322 e. The third kappa shape index (κ3) is 3.57. The molecular formula is C11H16N6OS. The van der Waals surface area contributed by atoms with Crippen LogP contribution in [0.15, 0.2) is 16.2 Å². The molecule has 0 radical (unpaired) electrons. The lowest BCUT2D eigenvalue weighted by molar-refractivity contribution is 0.288. The van der Waals surface area contributed by atoms with Crippen molar-refractivity contribution in [2.45, 2.75) is 30.5 Å². The molecule has 0 aromatic carbocycles. The number of nitrogens with zero attached hydrogens (tertiary/aromatic N) is 5. The second-order valence-corrected chi connectivity index (χ2v) is 4.94. The van der Waals surface area contributed by atoms with Crippen molar-refractivity contribution in [3.8, 4) is 6.01 Å². The van der Waals surface area contributed by atoms with Crippen LogP contribution in [0.1, 0.15) is 19.0 Å². The van der Waals surface area contributed by atoms with Gasteiger partial charge >= 0.3 is 6.01 Å². The van der Waals surface area contributed by atoms with Crippen molar-refractivity contribution < 1.29 is 4.74 Å². The van der Waals surface area contributed by atoms with Crippen LogP contribution in [0.4, 0.5) is 5.95 Å². The van der Waals surface area contributed by atoms with Crippen LogP contribution in [0.5, 0.6) is 6.01 Å². The summed E-state index contributed by atoms with van der Waals surface area (Å²) in [5, 5.41) is 5.70. The molecule has 0 bridgehead atoms. The molecule has 2 heterocycles. The Kier molecular flexibility index (Phi) is 4.20. The van der Waals surface area contributed by atoms with Gasteiger partial charge in [-0.2, -0.15) is 20.1 Å². The van der Waals surface area contributed by atoms with Gasteiger partial charge in [-0.25, -0.2) is 0 Å². The number of aromatic nitrogens is 5. The zero-order valence-corrected chi connectivity index (χ0v) is 11.9. The first-order valence-corrected chi connectivity index (χ1v) is 6.73. The average Bonchev–Trinajstić information content (AvgIpc) is 2.64. The third-order valence-corrected chi connectivity index (χ3v) is 3.16. The van der Waals surface area contributed by atoms with Crippen molar-refractivity contribution in [3.05, 3.63) is 11.8 Å². The van der Waals surface area contributed by atoms with Gasteiger partial charge in [-0.3, -0.25) is 4.68 Å². The fourth-order valence-corrected chi connectivity index (χ4v) is 2.28. The van der Waals surface area contributed by atoms with Crippen molar-refractivity contribution in [2.75, 3.05) is 12.3 Å². The van der Waals surface area contributed by atoms with Gasteiger partial charge in [0.05, 0.1) is 12.3 Å². The van der Waals surface area contributed by atoms with Crippen molar-refractivity contribution in [3.63, 3.8) is 0 Å². The first-order valence-electron chi connectivity index (χ1n) is 5.91. The SMILES string of the molecule is CCCOc1nc(N)nc(Sc2cc(C)nn2C)n1. The van der Waals surface area contributed by atoms with Crippen molar-refractivity contribution >= 4 is 17.7 Å². The van der Waals surface area contributed by atoms with Crippen LogP contribution in [0.25, 0.3) is 0 Å². The second kappa shape index (κ2) is 5.87. The first-order chi connectivity index (χ1) is 9.08. The Balaban J connectivity index is 2.20. The molecule has 0 aliphatic heterocycles. The highest BCUT2D eigenvalue weighted by molar-refractivity contribution is 7.99. The van der Waals surface area contributed by atoms with Gasteiger partial charge in [0.2, 0.25) is 11.1 Å². The lowest BCUT2D eigenvalue weighted by Crippen LogP contribution is -2.05. The van der Waals surface area contributed by atoms with Crippen molar-refractivity contribution in [1.29, 1.82) is 0 Å². The fraction of sp³-hybridized carbons (Fsp3) is 0.455. The first kappa shape index (κ1) is 13.6. The van der Waals surface area contributed by atoms with E-state index in [4.69, 9.17) is 10.5 Å². The molecule has 7 nitrogen and oxygen atoms in total. The molecule has 0 fully saturated rings. The minimum absolute atomic E-state index is 0.155. The summed E-state index contributed by atoms with van der Waals surface area (Å²) in [6, 6.07) is 2.22. The largest absolute Gasteiger partial charge is 0.463 e. The van der Waals surface area contributed by atoms with Crippen LogP contribution in [0.3, 0.4) is 0 Å². The number of rotatable bonds is 5. The Morgan fingerprint density at radius 3 is 2.79 bits per heavy atom. The molecule has 2 N–H and O–H groups in total. The van der Waals surface area contributed by atoms with E-state index in [0.717, 1.165) is 17.1 Å². The molecular weight excluding hydrogens is 264 g/mol. The van der Waals surface area contributed by atoms with Gasteiger partial charge < -0.3 is 10.5 Å². The molecule has 2 aromatic rings. The lowest BCUT2D eigenvalue weighted by atomic mass is 10.5. The monoisotopic (exact) mass is 280 g/mol. The van der Waals surface area contributed by atoms with E-state index in [1.165, 1.54) is 11.8 Å².